The molecule has 0 spiro atoms. The molecule has 7 heteroatoms. The Kier molecular flexibility index (Phi) is 3.86. The SMILES string of the molecule is COc1ccccc1NC(=O)COC(=O)[C@H]1[C@@H]2C[C@@H]3[C@@H]1C(=O)O[C@@H]3C2. The summed E-state index contributed by atoms with van der Waals surface area (Å²) in [6.07, 6.45) is 1.52. The van der Waals surface area contributed by atoms with Crippen LogP contribution in [0.4, 0.5) is 5.69 Å². The Labute approximate surface area is 144 Å². The van der Waals surface area contributed by atoms with E-state index in [4.69, 9.17) is 14.2 Å². The standard InChI is InChI=1S/C18H19NO6/c1-23-12-5-3-2-4-11(12)19-14(20)8-24-17(21)15-9-6-10-13(7-9)25-18(22)16(10)15/h2-5,9-10,13,15-16H,6-8H2,1H3,(H,19,20)/t9-,10+,13-,15+,16+/m1/s1. The quantitative estimate of drug-likeness (QED) is 0.811. The molecule has 1 N–H and O–H groups in total. The molecule has 2 aliphatic carbocycles. The summed E-state index contributed by atoms with van der Waals surface area (Å²) in [5.74, 6) is -1.32. The molecule has 1 heterocycles. The minimum absolute atomic E-state index is 0.0274. The van der Waals surface area contributed by atoms with E-state index in [1.165, 1.54) is 7.11 Å². The normalized spacial score (nSPS) is 31.6. The highest BCUT2D eigenvalue weighted by Gasteiger charge is 2.64. The van der Waals surface area contributed by atoms with E-state index in [0.29, 0.717) is 11.4 Å². The van der Waals surface area contributed by atoms with Gasteiger partial charge in [-0.05, 0) is 30.9 Å². The molecule has 1 aliphatic heterocycles. The van der Waals surface area contributed by atoms with Crippen LogP contribution < -0.4 is 10.1 Å². The maximum absolute atomic E-state index is 12.4. The van der Waals surface area contributed by atoms with E-state index in [1.807, 2.05) is 0 Å². The smallest absolute Gasteiger partial charge is 0.310 e. The maximum atomic E-state index is 12.4. The fourth-order valence-corrected chi connectivity index (χ4v) is 4.49. The summed E-state index contributed by atoms with van der Waals surface area (Å²) in [7, 11) is 1.51. The lowest BCUT2D eigenvalue weighted by Gasteiger charge is -2.22. The van der Waals surface area contributed by atoms with Gasteiger partial charge in [-0.2, -0.15) is 0 Å². The first-order valence-electron chi connectivity index (χ1n) is 8.38. The first-order valence-corrected chi connectivity index (χ1v) is 8.38. The zero-order valence-electron chi connectivity index (χ0n) is 13.8. The third-order valence-electron chi connectivity index (χ3n) is 5.48. The highest BCUT2D eigenvalue weighted by atomic mass is 16.6. The van der Waals surface area contributed by atoms with Crippen LogP contribution in [0.2, 0.25) is 0 Å². The molecule has 2 saturated carbocycles. The Bertz CT molecular complexity index is 730. The lowest BCUT2D eigenvalue weighted by Crippen LogP contribution is -2.35. The van der Waals surface area contributed by atoms with Crippen molar-refractivity contribution >= 4 is 23.5 Å². The van der Waals surface area contributed by atoms with Gasteiger partial charge in [0.1, 0.15) is 11.9 Å². The number of carbonyl (C=O) groups excluding carboxylic acids is 3. The number of rotatable bonds is 5. The van der Waals surface area contributed by atoms with Gasteiger partial charge in [0.25, 0.3) is 5.91 Å². The second-order valence-corrected chi connectivity index (χ2v) is 6.78. The van der Waals surface area contributed by atoms with Crippen molar-refractivity contribution in [3.63, 3.8) is 0 Å². The van der Waals surface area contributed by atoms with E-state index >= 15 is 0 Å². The number of fused-ring (bicyclic) bond motifs is 1. The summed E-state index contributed by atoms with van der Waals surface area (Å²) < 4.78 is 15.7. The first kappa shape index (κ1) is 15.9. The van der Waals surface area contributed by atoms with E-state index in [9.17, 15) is 14.4 Å². The van der Waals surface area contributed by atoms with E-state index in [2.05, 4.69) is 5.32 Å². The second-order valence-electron chi connectivity index (χ2n) is 6.78. The van der Waals surface area contributed by atoms with Crippen LogP contribution in [0.5, 0.6) is 5.75 Å². The van der Waals surface area contributed by atoms with Crippen LogP contribution in [0.25, 0.3) is 0 Å². The van der Waals surface area contributed by atoms with Crippen molar-refractivity contribution in [3.05, 3.63) is 24.3 Å². The van der Waals surface area contributed by atoms with Gasteiger partial charge in [0.15, 0.2) is 6.61 Å². The van der Waals surface area contributed by atoms with Crippen LogP contribution in [-0.4, -0.2) is 37.7 Å². The fourth-order valence-electron chi connectivity index (χ4n) is 4.49. The fraction of sp³-hybridized carbons (Fsp3) is 0.500. The van der Waals surface area contributed by atoms with Gasteiger partial charge in [-0.3, -0.25) is 14.4 Å². The topological polar surface area (TPSA) is 90.9 Å². The van der Waals surface area contributed by atoms with E-state index < -0.39 is 30.3 Å². The predicted octanol–water partition coefficient (Wildman–Crippen LogP) is 1.37. The molecule has 3 aliphatic rings. The number of ether oxygens (including phenoxy) is 3. The molecule has 1 aromatic carbocycles. The number of amides is 1. The Balaban J connectivity index is 1.35. The van der Waals surface area contributed by atoms with E-state index in [-0.39, 0.29) is 23.9 Å². The van der Waals surface area contributed by atoms with Crippen molar-refractivity contribution in [3.8, 4) is 5.75 Å². The predicted molar refractivity (Wildman–Crippen MR) is 85.7 cm³/mol. The zero-order valence-corrected chi connectivity index (χ0v) is 13.8. The molecule has 0 aromatic heterocycles. The monoisotopic (exact) mass is 345 g/mol. The number of esters is 2. The summed E-state index contributed by atoms with van der Waals surface area (Å²) in [5.41, 5.74) is 0.508. The highest BCUT2D eigenvalue weighted by molar-refractivity contribution is 5.94. The summed E-state index contributed by atoms with van der Waals surface area (Å²) >= 11 is 0. The summed E-state index contributed by atoms with van der Waals surface area (Å²) in [5, 5.41) is 2.65. The summed E-state index contributed by atoms with van der Waals surface area (Å²) in [6, 6.07) is 6.97. The van der Waals surface area contributed by atoms with Crippen LogP contribution in [0.1, 0.15) is 12.8 Å². The summed E-state index contributed by atoms with van der Waals surface area (Å²) in [4.78, 5) is 36.4. The average molecular weight is 345 g/mol. The number of methoxy groups -OCH3 is 1. The van der Waals surface area contributed by atoms with Gasteiger partial charge < -0.3 is 19.5 Å². The molecule has 1 amide bonds. The number of nitrogens with one attached hydrogen (secondary N) is 1. The zero-order chi connectivity index (χ0) is 17.6. The Morgan fingerprint density at radius 1 is 1.28 bits per heavy atom. The molecule has 132 valence electrons. The van der Waals surface area contributed by atoms with Crippen molar-refractivity contribution in [1.82, 2.24) is 0 Å². The Morgan fingerprint density at radius 3 is 2.88 bits per heavy atom. The molecule has 25 heavy (non-hydrogen) atoms. The van der Waals surface area contributed by atoms with Crippen LogP contribution in [0, 0.1) is 23.7 Å². The molecule has 0 unspecified atom stereocenters. The number of carbonyl (C=O) groups is 3. The lowest BCUT2D eigenvalue weighted by atomic mass is 9.80. The van der Waals surface area contributed by atoms with Gasteiger partial charge in [-0.1, -0.05) is 12.1 Å². The molecular weight excluding hydrogens is 326 g/mol. The van der Waals surface area contributed by atoms with Crippen molar-refractivity contribution in [2.75, 3.05) is 19.0 Å². The molecule has 1 aromatic rings. The van der Waals surface area contributed by atoms with Gasteiger partial charge in [0, 0.05) is 5.92 Å². The number of hydrogen-bond acceptors (Lipinski definition) is 6. The van der Waals surface area contributed by atoms with Crippen LogP contribution in [0.3, 0.4) is 0 Å². The third-order valence-corrected chi connectivity index (χ3v) is 5.48. The summed E-state index contributed by atoms with van der Waals surface area (Å²) in [6.45, 7) is -0.393. The van der Waals surface area contributed by atoms with Gasteiger partial charge >= 0.3 is 11.9 Å². The Hall–Kier alpha value is -2.57. The van der Waals surface area contributed by atoms with Gasteiger partial charge in [-0.25, -0.2) is 0 Å². The Morgan fingerprint density at radius 2 is 2.08 bits per heavy atom. The molecule has 3 fully saturated rings. The lowest BCUT2D eigenvalue weighted by molar-refractivity contribution is -0.157. The van der Waals surface area contributed by atoms with Crippen molar-refractivity contribution < 1.29 is 28.6 Å². The van der Waals surface area contributed by atoms with Crippen molar-refractivity contribution in [2.24, 2.45) is 23.7 Å². The second kappa shape index (κ2) is 6.06. The van der Waals surface area contributed by atoms with E-state index in [0.717, 1.165) is 12.8 Å². The van der Waals surface area contributed by atoms with Gasteiger partial charge in [0.2, 0.25) is 0 Å². The average Bonchev–Trinajstić information content (AvgIpc) is 3.22. The van der Waals surface area contributed by atoms with Crippen LogP contribution >= 0.6 is 0 Å². The highest BCUT2D eigenvalue weighted by Crippen LogP contribution is 2.57. The maximum Gasteiger partial charge on any atom is 0.310 e. The van der Waals surface area contributed by atoms with Crippen LogP contribution in [0.15, 0.2) is 24.3 Å². The minimum atomic E-state index is -0.482. The van der Waals surface area contributed by atoms with Gasteiger partial charge in [-0.15, -0.1) is 0 Å². The van der Waals surface area contributed by atoms with Crippen molar-refractivity contribution in [2.45, 2.75) is 18.9 Å². The molecule has 0 radical (unpaired) electrons. The number of benzene rings is 1. The number of hydrogen-bond donors (Lipinski definition) is 1. The van der Waals surface area contributed by atoms with Gasteiger partial charge in [0.05, 0.1) is 24.6 Å². The molecule has 2 bridgehead atoms. The van der Waals surface area contributed by atoms with E-state index in [1.54, 1.807) is 24.3 Å². The first-order chi connectivity index (χ1) is 12.1. The largest absolute Gasteiger partial charge is 0.495 e. The number of para-hydroxylation sites is 2. The molecule has 1 saturated heterocycles. The van der Waals surface area contributed by atoms with Crippen molar-refractivity contribution in [1.29, 1.82) is 0 Å². The van der Waals surface area contributed by atoms with Crippen LogP contribution in [-0.2, 0) is 23.9 Å². The molecular formula is C18H19NO6. The third kappa shape index (κ3) is 2.63. The minimum Gasteiger partial charge on any atom is -0.495 e. The molecule has 5 atom stereocenters. The molecule has 7 nitrogen and oxygen atoms in total. The molecule has 4 rings (SSSR count). The number of anilines is 1.